The van der Waals surface area contributed by atoms with Crippen molar-refractivity contribution in [2.45, 2.75) is 17.7 Å². The van der Waals surface area contributed by atoms with Crippen LogP contribution in [0.25, 0.3) is 0 Å². The highest BCUT2D eigenvalue weighted by atomic mass is 79.9. The van der Waals surface area contributed by atoms with Crippen molar-refractivity contribution in [2.24, 2.45) is 0 Å². The van der Waals surface area contributed by atoms with Gasteiger partial charge in [-0.15, -0.1) is 11.3 Å². The Hall–Kier alpha value is -0.470. The van der Waals surface area contributed by atoms with Crippen LogP contribution in [0.15, 0.2) is 32.3 Å². The van der Waals surface area contributed by atoms with Crippen LogP contribution in [-0.4, -0.2) is 24.8 Å². The first kappa shape index (κ1) is 15.9. The molecular formula is C12H12BrClN2O2S2. The highest BCUT2D eigenvalue weighted by Gasteiger charge is 2.24. The molecule has 0 aromatic carbocycles. The molecule has 20 heavy (non-hydrogen) atoms. The number of aryl methyl sites for hydroxylation is 1. The van der Waals surface area contributed by atoms with Crippen LogP contribution in [0.5, 0.6) is 0 Å². The van der Waals surface area contributed by atoms with Gasteiger partial charge in [0, 0.05) is 12.7 Å². The van der Waals surface area contributed by atoms with Crippen LogP contribution in [0, 0.1) is 6.92 Å². The lowest BCUT2D eigenvalue weighted by Gasteiger charge is -2.15. The van der Waals surface area contributed by atoms with Gasteiger partial charge in [0.2, 0.25) is 0 Å². The molecule has 0 spiro atoms. The Labute approximate surface area is 135 Å². The largest absolute Gasteiger partial charge is 0.257 e. The minimum absolute atomic E-state index is 0.213. The van der Waals surface area contributed by atoms with Gasteiger partial charge in [0.25, 0.3) is 10.0 Å². The quantitative estimate of drug-likeness (QED) is 0.793. The lowest BCUT2D eigenvalue weighted by Crippen LogP contribution is -2.26. The molecule has 2 aromatic rings. The van der Waals surface area contributed by atoms with Crippen LogP contribution in [0.2, 0.25) is 5.02 Å². The molecule has 0 aliphatic heterocycles. The molecule has 0 fully saturated rings. The second kappa shape index (κ2) is 6.11. The number of aromatic nitrogens is 1. The minimum Gasteiger partial charge on any atom is -0.257 e. The lowest BCUT2D eigenvalue weighted by atomic mass is 10.3. The third-order valence-corrected chi connectivity index (χ3v) is 7.35. The van der Waals surface area contributed by atoms with Gasteiger partial charge in [-0.3, -0.25) is 4.98 Å². The van der Waals surface area contributed by atoms with Gasteiger partial charge < -0.3 is 0 Å². The Morgan fingerprint density at radius 2 is 2.15 bits per heavy atom. The van der Waals surface area contributed by atoms with E-state index in [9.17, 15) is 8.42 Å². The predicted octanol–water partition coefficient (Wildman–Crippen LogP) is 3.69. The lowest BCUT2D eigenvalue weighted by molar-refractivity contribution is 0.463. The minimum atomic E-state index is -3.55. The Morgan fingerprint density at radius 3 is 2.70 bits per heavy atom. The molecule has 0 amide bonds. The van der Waals surface area contributed by atoms with Crippen LogP contribution in [0.1, 0.15) is 11.4 Å². The average Bonchev–Trinajstić information content (AvgIpc) is 2.70. The first-order valence-corrected chi connectivity index (χ1v) is 9.07. The summed E-state index contributed by atoms with van der Waals surface area (Å²) in [4.78, 5) is 4.31. The standard InChI is InChI=1S/C12H12BrClN2O2S2/c1-8-4-3-5-9(15-8)7-16(2)20(17,18)11-6-10(14)12(13)19-11/h3-6H,7H2,1-2H3. The maximum absolute atomic E-state index is 12.4. The van der Waals surface area contributed by atoms with Gasteiger partial charge in [0.05, 0.1) is 21.0 Å². The Kier molecular flexibility index (Phi) is 4.86. The van der Waals surface area contributed by atoms with E-state index in [-0.39, 0.29) is 10.8 Å². The van der Waals surface area contributed by atoms with Crippen LogP contribution in [0.4, 0.5) is 0 Å². The van der Waals surface area contributed by atoms with Gasteiger partial charge in [-0.2, -0.15) is 4.31 Å². The second-order valence-corrected chi connectivity index (χ2v) is 9.27. The van der Waals surface area contributed by atoms with E-state index >= 15 is 0 Å². The van der Waals surface area contributed by atoms with Crippen molar-refractivity contribution < 1.29 is 8.42 Å². The number of thiophene rings is 1. The van der Waals surface area contributed by atoms with E-state index in [4.69, 9.17) is 11.6 Å². The number of sulfonamides is 1. The second-order valence-electron chi connectivity index (χ2n) is 4.22. The monoisotopic (exact) mass is 394 g/mol. The molecular weight excluding hydrogens is 384 g/mol. The highest BCUT2D eigenvalue weighted by molar-refractivity contribution is 9.11. The van der Waals surface area contributed by atoms with Crippen molar-refractivity contribution in [3.05, 3.63) is 44.5 Å². The topological polar surface area (TPSA) is 50.3 Å². The van der Waals surface area contributed by atoms with Crippen molar-refractivity contribution in [1.29, 1.82) is 0 Å². The maximum Gasteiger partial charge on any atom is 0.252 e. The maximum atomic E-state index is 12.4. The number of pyridine rings is 1. The molecule has 0 radical (unpaired) electrons. The van der Waals surface area contributed by atoms with E-state index in [1.54, 1.807) is 6.07 Å². The molecule has 0 saturated heterocycles. The molecule has 0 saturated carbocycles. The number of halogens is 2. The first-order chi connectivity index (χ1) is 9.30. The molecule has 4 nitrogen and oxygen atoms in total. The number of nitrogens with zero attached hydrogens (tertiary/aromatic N) is 2. The van der Waals surface area contributed by atoms with Crippen molar-refractivity contribution in [3.63, 3.8) is 0 Å². The van der Waals surface area contributed by atoms with Crippen LogP contribution < -0.4 is 0 Å². The summed E-state index contributed by atoms with van der Waals surface area (Å²) in [7, 11) is -2.03. The molecule has 0 bridgehead atoms. The van der Waals surface area contributed by atoms with Crippen LogP contribution in [-0.2, 0) is 16.6 Å². The van der Waals surface area contributed by atoms with E-state index in [0.717, 1.165) is 17.0 Å². The number of hydrogen-bond donors (Lipinski definition) is 0. The van der Waals surface area contributed by atoms with Crippen molar-refractivity contribution in [3.8, 4) is 0 Å². The Bertz CT molecular complexity index is 711. The molecule has 108 valence electrons. The first-order valence-electron chi connectivity index (χ1n) is 5.64. The molecule has 2 rings (SSSR count). The fourth-order valence-corrected chi connectivity index (χ4v) is 5.36. The number of rotatable bonds is 4. The van der Waals surface area contributed by atoms with Gasteiger partial charge in [0.1, 0.15) is 4.21 Å². The third kappa shape index (κ3) is 3.40. The molecule has 0 aliphatic carbocycles. The summed E-state index contributed by atoms with van der Waals surface area (Å²) in [5, 5.41) is 0.399. The summed E-state index contributed by atoms with van der Waals surface area (Å²) in [6.07, 6.45) is 0. The predicted molar refractivity (Wildman–Crippen MR) is 84.7 cm³/mol. The van der Waals surface area contributed by atoms with E-state index in [2.05, 4.69) is 20.9 Å². The van der Waals surface area contributed by atoms with E-state index < -0.39 is 10.0 Å². The molecule has 0 unspecified atom stereocenters. The summed E-state index contributed by atoms with van der Waals surface area (Å²) in [5.74, 6) is 0. The van der Waals surface area contributed by atoms with Crippen LogP contribution >= 0.6 is 38.9 Å². The summed E-state index contributed by atoms with van der Waals surface area (Å²) in [5.41, 5.74) is 1.56. The molecule has 0 N–H and O–H groups in total. The average molecular weight is 396 g/mol. The van der Waals surface area contributed by atoms with Gasteiger partial charge in [-0.05, 0) is 41.1 Å². The zero-order chi connectivity index (χ0) is 14.9. The van der Waals surface area contributed by atoms with E-state index in [1.807, 2.05) is 19.1 Å². The van der Waals surface area contributed by atoms with Crippen LogP contribution in [0.3, 0.4) is 0 Å². The molecule has 2 aromatic heterocycles. The summed E-state index contributed by atoms with van der Waals surface area (Å²) >= 11 is 10.2. The molecule has 8 heteroatoms. The van der Waals surface area contributed by atoms with E-state index in [1.165, 1.54) is 17.4 Å². The smallest absolute Gasteiger partial charge is 0.252 e. The zero-order valence-corrected chi connectivity index (χ0v) is 14.8. The van der Waals surface area contributed by atoms with Gasteiger partial charge in [-0.1, -0.05) is 17.7 Å². The zero-order valence-electron chi connectivity index (χ0n) is 10.8. The Balaban J connectivity index is 2.25. The molecule has 0 atom stereocenters. The van der Waals surface area contributed by atoms with Crippen molar-refractivity contribution in [1.82, 2.24) is 9.29 Å². The summed E-state index contributed by atoms with van der Waals surface area (Å²) in [6.45, 7) is 2.09. The molecule has 0 aliphatic rings. The van der Waals surface area contributed by atoms with E-state index in [0.29, 0.717) is 14.5 Å². The van der Waals surface area contributed by atoms with Gasteiger partial charge in [-0.25, -0.2) is 8.42 Å². The Morgan fingerprint density at radius 1 is 1.45 bits per heavy atom. The summed E-state index contributed by atoms with van der Waals surface area (Å²) < 4.78 is 26.9. The SMILES string of the molecule is Cc1cccc(CN(C)S(=O)(=O)c2cc(Cl)c(Br)s2)n1. The van der Waals surface area contributed by atoms with Crippen molar-refractivity contribution >= 4 is 48.9 Å². The fourth-order valence-electron chi connectivity index (χ4n) is 1.61. The molecule has 2 heterocycles. The summed E-state index contributed by atoms with van der Waals surface area (Å²) in [6, 6.07) is 6.98. The van der Waals surface area contributed by atoms with Crippen molar-refractivity contribution in [2.75, 3.05) is 7.05 Å². The highest BCUT2D eigenvalue weighted by Crippen LogP contribution is 2.35. The van der Waals surface area contributed by atoms with Gasteiger partial charge >= 0.3 is 0 Å². The van der Waals surface area contributed by atoms with Gasteiger partial charge in [0.15, 0.2) is 0 Å². The number of hydrogen-bond acceptors (Lipinski definition) is 4. The normalized spacial score (nSPS) is 12.1. The third-order valence-electron chi connectivity index (χ3n) is 2.62. The fraction of sp³-hybridized carbons (Fsp3) is 0.250.